The second-order valence-electron chi connectivity index (χ2n) is 8.13. The Morgan fingerprint density at radius 1 is 1.15 bits per heavy atom. The van der Waals surface area contributed by atoms with Gasteiger partial charge in [0.15, 0.2) is 0 Å². The maximum Gasteiger partial charge on any atom is 0.289 e. The summed E-state index contributed by atoms with van der Waals surface area (Å²) in [6, 6.07) is 3.19. The maximum atomic E-state index is 12.8. The fraction of sp³-hybridized carbons (Fsp3) is 0.588. The molecule has 0 spiro atoms. The number of amides is 1. The van der Waals surface area contributed by atoms with E-state index in [4.69, 9.17) is 11.6 Å². The summed E-state index contributed by atoms with van der Waals surface area (Å²) in [5.41, 5.74) is 1.36. The minimum Gasteiger partial charge on any atom is -0.277 e. The number of nitrogens with zero attached hydrogens (tertiary/aromatic N) is 1. The highest BCUT2D eigenvalue weighted by molar-refractivity contribution is 7.89. The number of nitro benzene ring substituents is 1. The van der Waals surface area contributed by atoms with E-state index in [0.717, 1.165) is 37.5 Å². The van der Waals surface area contributed by atoms with E-state index < -0.39 is 26.0 Å². The first-order valence-electron chi connectivity index (χ1n) is 8.95. The molecule has 4 fully saturated rings. The quantitative estimate of drug-likeness (QED) is 0.568. The summed E-state index contributed by atoms with van der Waals surface area (Å²) >= 11 is 5.72. The molecule has 0 heterocycles. The molecular formula is C17H20ClN3O5S. The molecule has 8 nitrogen and oxygen atoms in total. The van der Waals surface area contributed by atoms with Crippen LogP contribution >= 0.6 is 11.6 Å². The molecule has 0 unspecified atom stereocenters. The fourth-order valence-electron chi connectivity index (χ4n) is 5.49. The van der Waals surface area contributed by atoms with Gasteiger partial charge in [-0.05, 0) is 68.4 Å². The van der Waals surface area contributed by atoms with Gasteiger partial charge in [-0.2, -0.15) is 0 Å². The molecule has 4 aliphatic carbocycles. The van der Waals surface area contributed by atoms with Gasteiger partial charge in [-0.25, -0.2) is 8.42 Å². The van der Waals surface area contributed by atoms with Crippen LogP contribution in [0.15, 0.2) is 23.1 Å². The van der Waals surface area contributed by atoms with Gasteiger partial charge < -0.3 is 0 Å². The van der Waals surface area contributed by atoms with E-state index in [1.807, 2.05) is 0 Å². The normalized spacial score (nSPS) is 31.7. The van der Waals surface area contributed by atoms with Crippen LogP contribution in [0.3, 0.4) is 0 Å². The smallest absolute Gasteiger partial charge is 0.277 e. The summed E-state index contributed by atoms with van der Waals surface area (Å²) in [7, 11) is -4.14. The molecule has 1 aromatic rings. The number of nitro groups is 1. The van der Waals surface area contributed by atoms with Crippen LogP contribution in [0.1, 0.15) is 38.5 Å². The van der Waals surface area contributed by atoms with Crippen molar-refractivity contribution < 1.29 is 18.1 Å². The predicted molar refractivity (Wildman–Crippen MR) is 97.2 cm³/mol. The lowest BCUT2D eigenvalue weighted by molar-refractivity contribution is -0.384. The van der Waals surface area contributed by atoms with Crippen molar-refractivity contribution >= 4 is 33.2 Å². The number of hydrogen-bond donors (Lipinski definition) is 2. The molecule has 0 aliphatic heterocycles. The number of sulfonamides is 1. The van der Waals surface area contributed by atoms with Crippen LogP contribution in [0.4, 0.5) is 5.69 Å². The van der Waals surface area contributed by atoms with Crippen molar-refractivity contribution in [1.82, 2.24) is 10.3 Å². The Balaban J connectivity index is 1.49. The third-order valence-electron chi connectivity index (χ3n) is 6.24. The SMILES string of the molecule is O=C(NNS(=O)(=O)c1ccc(Cl)c([N+](=O)[O-])c1)C12CC3CC(CC(C3)C1)C2. The largest absolute Gasteiger partial charge is 0.289 e. The summed E-state index contributed by atoms with van der Waals surface area (Å²) in [5, 5.41) is 10.8. The van der Waals surface area contributed by atoms with Crippen LogP contribution in [-0.2, 0) is 14.8 Å². The standard InChI is InChI=1S/C17H20ClN3O5S/c18-14-2-1-13(6-15(14)21(23)24)27(25,26)20-19-16(22)17-7-10-3-11(8-17)5-12(4-10)9-17/h1-2,6,10-12,20H,3-5,7-9H2,(H,19,22). The first-order chi connectivity index (χ1) is 12.7. The van der Waals surface area contributed by atoms with Gasteiger partial charge in [-0.15, -0.1) is 4.83 Å². The van der Waals surface area contributed by atoms with E-state index in [0.29, 0.717) is 17.8 Å². The summed E-state index contributed by atoms with van der Waals surface area (Å²) < 4.78 is 24.9. The Bertz CT molecular complexity index is 882. The van der Waals surface area contributed by atoms with Crippen molar-refractivity contribution in [3.8, 4) is 0 Å². The molecule has 0 saturated heterocycles. The second-order valence-corrected chi connectivity index (χ2v) is 10.2. The van der Waals surface area contributed by atoms with Gasteiger partial charge >= 0.3 is 0 Å². The Kier molecular flexibility index (Phi) is 4.44. The number of carbonyl (C=O) groups excluding carboxylic acids is 1. The zero-order valence-electron chi connectivity index (χ0n) is 14.5. The molecule has 10 heteroatoms. The van der Waals surface area contributed by atoms with Gasteiger partial charge in [0.05, 0.1) is 15.2 Å². The number of hydrazine groups is 1. The highest BCUT2D eigenvalue weighted by atomic mass is 35.5. The number of benzene rings is 1. The van der Waals surface area contributed by atoms with Crippen LogP contribution in [0.25, 0.3) is 0 Å². The van der Waals surface area contributed by atoms with E-state index in [1.165, 1.54) is 19.3 Å². The average Bonchev–Trinajstić information content (AvgIpc) is 2.58. The monoisotopic (exact) mass is 413 g/mol. The van der Waals surface area contributed by atoms with Gasteiger partial charge in [-0.1, -0.05) is 11.6 Å². The summed E-state index contributed by atoms with van der Waals surface area (Å²) in [6.45, 7) is 0. The van der Waals surface area contributed by atoms with E-state index >= 15 is 0 Å². The number of carbonyl (C=O) groups is 1. The molecule has 0 atom stereocenters. The highest BCUT2D eigenvalue weighted by Crippen LogP contribution is 2.60. The first-order valence-corrected chi connectivity index (χ1v) is 10.8. The Labute approximate surface area is 161 Å². The number of nitrogens with one attached hydrogen (secondary N) is 2. The molecule has 1 aromatic carbocycles. The van der Waals surface area contributed by atoms with Crippen molar-refractivity contribution in [1.29, 1.82) is 0 Å². The number of rotatable bonds is 5. The molecule has 146 valence electrons. The van der Waals surface area contributed by atoms with Crippen molar-refractivity contribution in [2.45, 2.75) is 43.4 Å². The van der Waals surface area contributed by atoms with Gasteiger partial charge in [0, 0.05) is 6.07 Å². The average molecular weight is 414 g/mol. The third-order valence-corrected chi connectivity index (χ3v) is 7.81. The zero-order valence-corrected chi connectivity index (χ0v) is 16.1. The Hall–Kier alpha value is -1.71. The summed E-state index contributed by atoms with van der Waals surface area (Å²) in [5.74, 6) is 1.36. The minimum atomic E-state index is -4.14. The van der Waals surface area contributed by atoms with E-state index in [-0.39, 0.29) is 15.8 Å². The van der Waals surface area contributed by atoms with Crippen LogP contribution in [0, 0.1) is 33.3 Å². The molecule has 4 aliphatic rings. The van der Waals surface area contributed by atoms with Crippen LogP contribution in [0.5, 0.6) is 0 Å². The van der Waals surface area contributed by atoms with Gasteiger partial charge in [0.1, 0.15) is 5.02 Å². The maximum absolute atomic E-state index is 12.8. The molecule has 4 bridgehead atoms. The summed E-state index contributed by atoms with van der Waals surface area (Å²) in [4.78, 5) is 24.8. The van der Waals surface area contributed by atoms with Crippen LogP contribution < -0.4 is 10.3 Å². The first kappa shape index (κ1) is 18.6. The Morgan fingerprint density at radius 3 is 2.22 bits per heavy atom. The molecule has 2 N–H and O–H groups in total. The van der Waals surface area contributed by atoms with Crippen LogP contribution in [-0.4, -0.2) is 19.2 Å². The molecule has 1 amide bonds. The lowest BCUT2D eigenvalue weighted by Crippen LogP contribution is -2.56. The molecule has 5 rings (SSSR count). The minimum absolute atomic E-state index is 0.156. The molecular weight excluding hydrogens is 394 g/mol. The molecule has 4 saturated carbocycles. The van der Waals surface area contributed by atoms with Gasteiger partial charge in [0.2, 0.25) is 5.91 Å². The fourth-order valence-corrected chi connectivity index (χ4v) is 6.54. The van der Waals surface area contributed by atoms with Gasteiger partial charge in [0.25, 0.3) is 15.7 Å². The van der Waals surface area contributed by atoms with Crippen molar-refractivity contribution in [3.05, 3.63) is 33.3 Å². The van der Waals surface area contributed by atoms with E-state index in [2.05, 4.69) is 10.3 Å². The zero-order chi connectivity index (χ0) is 19.4. The topological polar surface area (TPSA) is 118 Å². The van der Waals surface area contributed by atoms with E-state index in [1.54, 1.807) is 0 Å². The third kappa shape index (κ3) is 3.32. The van der Waals surface area contributed by atoms with Crippen molar-refractivity contribution in [2.24, 2.45) is 23.2 Å². The molecule has 27 heavy (non-hydrogen) atoms. The second kappa shape index (κ2) is 6.42. The highest BCUT2D eigenvalue weighted by Gasteiger charge is 2.54. The lowest BCUT2D eigenvalue weighted by atomic mass is 9.49. The molecule has 0 radical (unpaired) electrons. The number of halogens is 1. The predicted octanol–water partition coefficient (Wildman–Crippen LogP) is 2.77. The van der Waals surface area contributed by atoms with Crippen molar-refractivity contribution in [2.75, 3.05) is 0 Å². The summed E-state index contributed by atoms with van der Waals surface area (Å²) in [6.07, 6.45) is 5.93. The Morgan fingerprint density at radius 2 is 1.70 bits per heavy atom. The van der Waals surface area contributed by atoms with E-state index in [9.17, 15) is 23.3 Å². The van der Waals surface area contributed by atoms with Gasteiger partial charge in [-0.3, -0.25) is 20.3 Å². The van der Waals surface area contributed by atoms with Crippen LogP contribution in [0.2, 0.25) is 5.02 Å². The molecule has 0 aromatic heterocycles. The number of hydrogen-bond acceptors (Lipinski definition) is 5. The van der Waals surface area contributed by atoms with Crippen molar-refractivity contribution in [3.63, 3.8) is 0 Å². The lowest BCUT2D eigenvalue weighted by Gasteiger charge is -2.55.